The standard InChI is InChI=1S/C15H15BrFNO2/c1-19-15-3-2-10(8-18)4-11(15)9-20-14-6-12(16)5-13(17)7-14/h2-7H,8-9,18H2,1H3. The van der Waals surface area contributed by atoms with Gasteiger partial charge in [-0.15, -0.1) is 0 Å². The normalized spacial score (nSPS) is 10.4. The molecule has 0 atom stereocenters. The second-order valence-electron chi connectivity index (χ2n) is 4.24. The predicted octanol–water partition coefficient (Wildman–Crippen LogP) is 3.63. The van der Waals surface area contributed by atoms with Crippen molar-refractivity contribution in [1.82, 2.24) is 0 Å². The van der Waals surface area contributed by atoms with Crippen LogP contribution in [0.25, 0.3) is 0 Å². The van der Waals surface area contributed by atoms with E-state index >= 15 is 0 Å². The highest BCUT2D eigenvalue weighted by atomic mass is 79.9. The van der Waals surface area contributed by atoms with E-state index in [2.05, 4.69) is 15.9 Å². The fourth-order valence-corrected chi connectivity index (χ4v) is 2.29. The van der Waals surface area contributed by atoms with Crippen molar-refractivity contribution in [3.05, 3.63) is 57.8 Å². The van der Waals surface area contributed by atoms with Gasteiger partial charge in [0.25, 0.3) is 0 Å². The van der Waals surface area contributed by atoms with E-state index in [-0.39, 0.29) is 12.4 Å². The smallest absolute Gasteiger partial charge is 0.128 e. The molecule has 5 heteroatoms. The molecule has 0 aliphatic carbocycles. The van der Waals surface area contributed by atoms with Gasteiger partial charge in [0, 0.05) is 22.6 Å². The van der Waals surface area contributed by atoms with Gasteiger partial charge >= 0.3 is 0 Å². The van der Waals surface area contributed by atoms with Gasteiger partial charge in [0.05, 0.1) is 7.11 Å². The SMILES string of the molecule is COc1ccc(CN)cc1COc1cc(F)cc(Br)c1. The van der Waals surface area contributed by atoms with Crippen molar-refractivity contribution in [3.63, 3.8) is 0 Å². The highest BCUT2D eigenvalue weighted by Crippen LogP contribution is 2.24. The summed E-state index contributed by atoms with van der Waals surface area (Å²) in [4.78, 5) is 0. The van der Waals surface area contributed by atoms with Gasteiger partial charge in [-0.2, -0.15) is 0 Å². The Morgan fingerprint density at radius 1 is 1.20 bits per heavy atom. The van der Waals surface area contributed by atoms with Crippen LogP contribution in [-0.2, 0) is 13.2 Å². The molecule has 0 fully saturated rings. The maximum atomic E-state index is 13.3. The number of hydrogen-bond donors (Lipinski definition) is 1. The molecule has 0 aliphatic heterocycles. The summed E-state index contributed by atoms with van der Waals surface area (Å²) in [6.45, 7) is 0.732. The number of halogens is 2. The van der Waals surface area contributed by atoms with Crippen LogP contribution in [0.1, 0.15) is 11.1 Å². The van der Waals surface area contributed by atoms with Gasteiger partial charge < -0.3 is 15.2 Å². The van der Waals surface area contributed by atoms with E-state index in [0.717, 1.165) is 16.9 Å². The Morgan fingerprint density at radius 2 is 2.00 bits per heavy atom. The van der Waals surface area contributed by atoms with Gasteiger partial charge in [0.15, 0.2) is 0 Å². The first kappa shape index (κ1) is 14.8. The van der Waals surface area contributed by atoms with Gasteiger partial charge in [0.1, 0.15) is 23.9 Å². The van der Waals surface area contributed by atoms with E-state index in [1.807, 2.05) is 18.2 Å². The van der Waals surface area contributed by atoms with Crippen LogP contribution >= 0.6 is 15.9 Å². The maximum Gasteiger partial charge on any atom is 0.128 e. The first-order chi connectivity index (χ1) is 9.62. The van der Waals surface area contributed by atoms with E-state index in [1.165, 1.54) is 12.1 Å². The first-order valence-corrected chi connectivity index (χ1v) is 6.86. The second-order valence-corrected chi connectivity index (χ2v) is 5.16. The molecule has 3 nitrogen and oxygen atoms in total. The number of benzene rings is 2. The Kier molecular flexibility index (Phi) is 4.98. The lowest BCUT2D eigenvalue weighted by Crippen LogP contribution is -2.02. The molecule has 0 saturated carbocycles. The molecule has 2 aromatic rings. The Morgan fingerprint density at radius 3 is 2.65 bits per heavy atom. The Bertz CT molecular complexity index is 584. The largest absolute Gasteiger partial charge is 0.496 e. The summed E-state index contributed by atoms with van der Waals surface area (Å²) in [5.74, 6) is 0.826. The van der Waals surface area contributed by atoms with Crippen molar-refractivity contribution < 1.29 is 13.9 Å². The number of hydrogen-bond acceptors (Lipinski definition) is 3. The summed E-state index contributed by atoms with van der Waals surface area (Å²) in [5, 5.41) is 0. The van der Waals surface area contributed by atoms with Gasteiger partial charge in [0.2, 0.25) is 0 Å². The maximum absolute atomic E-state index is 13.3. The van der Waals surface area contributed by atoms with Gasteiger partial charge in [-0.05, 0) is 29.8 Å². The summed E-state index contributed by atoms with van der Waals surface area (Å²) in [6, 6.07) is 10.1. The van der Waals surface area contributed by atoms with Crippen molar-refractivity contribution in [3.8, 4) is 11.5 Å². The molecule has 2 rings (SSSR count). The van der Waals surface area contributed by atoms with Gasteiger partial charge in [-0.25, -0.2) is 4.39 Å². The van der Waals surface area contributed by atoms with Crippen molar-refractivity contribution in [2.45, 2.75) is 13.2 Å². The van der Waals surface area contributed by atoms with E-state index < -0.39 is 0 Å². The quantitative estimate of drug-likeness (QED) is 0.904. The van der Waals surface area contributed by atoms with Gasteiger partial charge in [-0.1, -0.05) is 22.0 Å². The van der Waals surface area contributed by atoms with Gasteiger partial charge in [-0.3, -0.25) is 0 Å². The highest BCUT2D eigenvalue weighted by molar-refractivity contribution is 9.10. The third kappa shape index (κ3) is 3.71. The molecule has 0 aliphatic rings. The van der Waals surface area contributed by atoms with Crippen LogP contribution in [0.15, 0.2) is 40.9 Å². The number of ether oxygens (including phenoxy) is 2. The Labute approximate surface area is 125 Å². The molecule has 0 bridgehead atoms. The van der Waals surface area contributed by atoms with Crippen molar-refractivity contribution >= 4 is 15.9 Å². The molecule has 0 saturated heterocycles. The number of nitrogens with two attached hydrogens (primary N) is 1. The minimum Gasteiger partial charge on any atom is -0.496 e. The molecule has 0 amide bonds. The Balaban J connectivity index is 2.17. The summed E-state index contributed by atoms with van der Waals surface area (Å²) in [6.07, 6.45) is 0. The number of rotatable bonds is 5. The lowest BCUT2D eigenvalue weighted by atomic mass is 10.1. The predicted molar refractivity (Wildman–Crippen MR) is 79.3 cm³/mol. The molecule has 0 radical (unpaired) electrons. The molecular formula is C15H15BrFNO2. The lowest BCUT2D eigenvalue weighted by Gasteiger charge is -2.12. The molecule has 2 aromatic carbocycles. The number of methoxy groups -OCH3 is 1. The molecule has 0 spiro atoms. The average Bonchev–Trinajstić information content (AvgIpc) is 2.43. The van der Waals surface area contributed by atoms with Crippen molar-refractivity contribution in [2.75, 3.05) is 7.11 Å². The molecule has 0 heterocycles. The molecule has 0 unspecified atom stereocenters. The Hall–Kier alpha value is -1.59. The average molecular weight is 340 g/mol. The van der Waals surface area contributed by atoms with Crippen LogP contribution in [-0.4, -0.2) is 7.11 Å². The zero-order valence-electron chi connectivity index (χ0n) is 11.0. The molecule has 106 valence electrons. The van der Waals surface area contributed by atoms with Crippen molar-refractivity contribution in [2.24, 2.45) is 5.73 Å². The summed E-state index contributed by atoms with van der Waals surface area (Å²) in [5.41, 5.74) is 7.48. The third-order valence-electron chi connectivity index (χ3n) is 2.81. The van der Waals surface area contributed by atoms with E-state index in [9.17, 15) is 4.39 Å². The van der Waals surface area contributed by atoms with Crippen LogP contribution in [0.3, 0.4) is 0 Å². The van der Waals surface area contributed by atoms with Crippen LogP contribution in [0.4, 0.5) is 4.39 Å². The second kappa shape index (κ2) is 6.72. The van der Waals surface area contributed by atoms with E-state index in [4.69, 9.17) is 15.2 Å². The molecule has 20 heavy (non-hydrogen) atoms. The first-order valence-electron chi connectivity index (χ1n) is 6.07. The zero-order chi connectivity index (χ0) is 14.5. The summed E-state index contributed by atoms with van der Waals surface area (Å²) < 4.78 is 24.8. The lowest BCUT2D eigenvalue weighted by molar-refractivity contribution is 0.295. The highest BCUT2D eigenvalue weighted by Gasteiger charge is 2.06. The van der Waals surface area contributed by atoms with Crippen LogP contribution < -0.4 is 15.2 Å². The van der Waals surface area contributed by atoms with Crippen LogP contribution in [0, 0.1) is 5.82 Å². The topological polar surface area (TPSA) is 44.5 Å². The minimum atomic E-state index is -0.350. The third-order valence-corrected chi connectivity index (χ3v) is 3.27. The minimum absolute atomic E-state index is 0.285. The molecule has 2 N–H and O–H groups in total. The molecular weight excluding hydrogens is 325 g/mol. The van der Waals surface area contributed by atoms with Crippen LogP contribution in [0.5, 0.6) is 11.5 Å². The zero-order valence-corrected chi connectivity index (χ0v) is 12.6. The summed E-state index contributed by atoms with van der Waals surface area (Å²) >= 11 is 3.23. The fourth-order valence-electron chi connectivity index (χ4n) is 1.84. The van der Waals surface area contributed by atoms with E-state index in [1.54, 1.807) is 13.2 Å². The monoisotopic (exact) mass is 339 g/mol. The molecule has 0 aromatic heterocycles. The summed E-state index contributed by atoms with van der Waals surface area (Å²) in [7, 11) is 1.60. The van der Waals surface area contributed by atoms with Crippen LogP contribution in [0.2, 0.25) is 0 Å². The van der Waals surface area contributed by atoms with E-state index in [0.29, 0.717) is 16.8 Å². The fraction of sp³-hybridized carbons (Fsp3) is 0.200. The van der Waals surface area contributed by atoms with Crippen molar-refractivity contribution in [1.29, 1.82) is 0 Å².